The fourth-order valence-electron chi connectivity index (χ4n) is 7.42. The van der Waals surface area contributed by atoms with Crippen LogP contribution in [-0.2, 0) is 14.3 Å². The van der Waals surface area contributed by atoms with Crippen molar-refractivity contribution in [2.75, 3.05) is 0 Å². The minimum atomic E-state index is -0.696. The Morgan fingerprint density at radius 3 is 0.880 bits per heavy atom. The van der Waals surface area contributed by atoms with E-state index in [2.05, 4.69) is 13.8 Å². The number of ether oxygens (including phenoxy) is 1. The highest BCUT2D eigenvalue weighted by Crippen LogP contribution is 2.19. The third-order valence-electron chi connectivity index (χ3n) is 10.8. The Morgan fingerprint density at radius 2 is 0.600 bits per heavy atom. The first-order chi connectivity index (χ1) is 24.6. The van der Waals surface area contributed by atoms with Crippen LogP contribution in [0.3, 0.4) is 0 Å². The summed E-state index contributed by atoms with van der Waals surface area (Å²) in [5.74, 6) is -0.687. The zero-order valence-corrected chi connectivity index (χ0v) is 34.2. The third kappa shape index (κ3) is 41.4. The lowest BCUT2D eigenvalue weighted by molar-refractivity contribution is -0.150. The Labute approximate surface area is 313 Å². The Balaban J connectivity index is 3.70. The Hall–Kier alpha value is -1.06. The molecule has 0 bridgehead atoms. The Kier molecular flexibility index (Phi) is 41.5. The predicted octanol–water partition coefficient (Wildman–Crippen LogP) is 16.0. The molecule has 0 rings (SSSR count). The summed E-state index contributed by atoms with van der Waals surface area (Å²) in [5, 5.41) is 8.82. The lowest BCUT2D eigenvalue weighted by Crippen LogP contribution is -2.18. The van der Waals surface area contributed by atoms with Crippen molar-refractivity contribution in [3.05, 3.63) is 0 Å². The average Bonchev–Trinajstić information content (AvgIpc) is 3.10. The molecule has 4 nitrogen and oxygen atoms in total. The quantitative estimate of drug-likeness (QED) is 0.0506. The summed E-state index contributed by atoms with van der Waals surface area (Å²) in [5.41, 5.74) is 0. The van der Waals surface area contributed by atoms with Gasteiger partial charge in [0, 0.05) is 12.8 Å². The van der Waals surface area contributed by atoms with Crippen molar-refractivity contribution in [1.29, 1.82) is 0 Å². The van der Waals surface area contributed by atoms with Gasteiger partial charge in [0.1, 0.15) is 6.10 Å². The number of carbonyl (C=O) groups is 2. The minimum Gasteiger partial charge on any atom is -0.481 e. The van der Waals surface area contributed by atoms with Crippen molar-refractivity contribution in [2.24, 2.45) is 0 Å². The highest BCUT2D eigenvalue weighted by Gasteiger charge is 2.14. The molecule has 0 radical (unpaired) electrons. The largest absolute Gasteiger partial charge is 0.481 e. The molecule has 0 amide bonds. The lowest BCUT2D eigenvalue weighted by Gasteiger charge is -2.18. The highest BCUT2D eigenvalue weighted by atomic mass is 16.5. The third-order valence-corrected chi connectivity index (χ3v) is 10.8. The van der Waals surface area contributed by atoms with E-state index in [0.29, 0.717) is 6.42 Å². The predicted molar refractivity (Wildman–Crippen MR) is 218 cm³/mol. The summed E-state index contributed by atoms with van der Waals surface area (Å²) in [6, 6.07) is 0. The molecule has 0 aromatic rings. The number of hydrogen-bond donors (Lipinski definition) is 1. The summed E-state index contributed by atoms with van der Waals surface area (Å²) in [6.07, 6.45) is 51.6. The molecule has 298 valence electrons. The summed E-state index contributed by atoms with van der Waals surface area (Å²) in [4.78, 5) is 23.4. The number of carbonyl (C=O) groups excluding carboxylic acids is 1. The maximum atomic E-state index is 12.7. The standard InChI is InChI=1S/C46H90O4/c1-3-5-7-9-11-13-14-15-16-17-18-19-20-21-22-23-24-25-26-27-28-30-35-39-43-46(49)50-44(40-36-32-29-12-10-8-6-4-2)41-37-33-31-34-38-42-45(47)48/h44H,3-43H2,1-2H3,(H,47,48). The first-order valence-corrected chi connectivity index (χ1v) is 23.0. The van der Waals surface area contributed by atoms with E-state index >= 15 is 0 Å². The molecule has 0 aliphatic heterocycles. The first kappa shape index (κ1) is 48.9. The molecule has 0 saturated carbocycles. The number of hydrogen-bond acceptors (Lipinski definition) is 3. The topological polar surface area (TPSA) is 63.6 Å². The number of unbranched alkanes of at least 4 members (excludes halogenated alkanes) is 34. The maximum absolute atomic E-state index is 12.7. The van der Waals surface area contributed by atoms with Crippen LogP contribution in [-0.4, -0.2) is 23.1 Å². The van der Waals surface area contributed by atoms with Crippen LogP contribution < -0.4 is 0 Å². The molecular weight excluding hydrogens is 617 g/mol. The number of carboxylic acid groups (broad SMARTS) is 1. The molecule has 0 spiro atoms. The highest BCUT2D eigenvalue weighted by molar-refractivity contribution is 5.69. The normalized spacial score (nSPS) is 12.0. The molecule has 0 fully saturated rings. The van der Waals surface area contributed by atoms with E-state index in [1.165, 1.54) is 186 Å². The minimum absolute atomic E-state index is 0.00910. The molecule has 50 heavy (non-hydrogen) atoms. The van der Waals surface area contributed by atoms with Crippen LogP contribution in [0.1, 0.15) is 277 Å². The summed E-state index contributed by atoms with van der Waals surface area (Å²) in [7, 11) is 0. The van der Waals surface area contributed by atoms with E-state index < -0.39 is 5.97 Å². The van der Waals surface area contributed by atoms with E-state index in [1.54, 1.807) is 0 Å². The second kappa shape index (κ2) is 42.4. The zero-order valence-electron chi connectivity index (χ0n) is 34.2. The van der Waals surface area contributed by atoms with Crippen molar-refractivity contribution in [1.82, 2.24) is 0 Å². The van der Waals surface area contributed by atoms with Gasteiger partial charge in [-0.3, -0.25) is 9.59 Å². The van der Waals surface area contributed by atoms with Gasteiger partial charge >= 0.3 is 11.9 Å². The number of esters is 1. The van der Waals surface area contributed by atoms with Crippen molar-refractivity contribution in [2.45, 2.75) is 283 Å². The van der Waals surface area contributed by atoms with Crippen molar-refractivity contribution >= 4 is 11.9 Å². The van der Waals surface area contributed by atoms with Gasteiger partial charge < -0.3 is 9.84 Å². The molecular formula is C46H90O4. The second-order valence-corrected chi connectivity index (χ2v) is 16.0. The Morgan fingerprint density at radius 1 is 0.360 bits per heavy atom. The smallest absolute Gasteiger partial charge is 0.306 e. The van der Waals surface area contributed by atoms with Gasteiger partial charge in [0.25, 0.3) is 0 Å². The van der Waals surface area contributed by atoms with E-state index in [4.69, 9.17) is 9.84 Å². The molecule has 1 atom stereocenters. The summed E-state index contributed by atoms with van der Waals surface area (Å²) in [6.45, 7) is 4.56. The molecule has 0 aliphatic carbocycles. The Bertz CT molecular complexity index is 677. The average molecular weight is 707 g/mol. The number of aliphatic carboxylic acids is 1. The van der Waals surface area contributed by atoms with Crippen LogP contribution >= 0.6 is 0 Å². The summed E-state index contributed by atoms with van der Waals surface area (Å²) < 4.78 is 6.00. The molecule has 0 saturated heterocycles. The van der Waals surface area contributed by atoms with E-state index in [9.17, 15) is 9.59 Å². The van der Waals surface area contributed by atoms with Crippen LogP contribution in [0.5, 0.6) is 0 Å². The van der Waals surface area contributed by atoms with Crippen LogP contribution in [0.15, 0.2) is 0 Å². The number of carboxylic acids is 1. The van der Waals surface area contributed by atoms with Crippen LogP contribution in [0.2, 0.25) is 0 Å². The van der Waals surface area contributed by atoms with Gasteiger partial charge in [0.05, 0.1) is 0 Å². The van der Waals surface area contributed by atoms with Gasteiger partial charge in [-0.2, -0.15) is 0 Å². The SMILES string of the molecule is CCCCCCCCCCCCCCCCCCCCCCCCCCC(=O)OC(CCCCCCCCCC)CCCCCCCC(=O)O. The van der Waals surface area contributed by atoms with E-state index in [1.807, 2.05) is 0 Å². The van der Waals surface area contributed by atoms with Crippen LogP contribution in [0.4, 0.5) is 0 Å². The van der Waals surface area contributed by atoms with Crippen LogP contribution in [0, 0.1) is 0 Å². The first-order valence-electron chi connectivity index (χ1n) is 23.0. The molecule has 0 aromatic heterocycles. The molecule has 1 N–H and O–H groups in total. The molecule has 0 aliphatic rings. The maximum Gasteiger partial charge on any atom is 0.306 e. The van der Waals surface area contributed by atoms with Gasteiger partial charge in [0.15, 0.2) is 0 Å². The van der Waals surface area contributed by atoms with Gasteiger partial charge in [-0.05, 0) is 38.5 Å². The van der Waals surface area contributed by atoms with Crippen molar-refractivity contribution in [3.8, 4) is 0 Å². The van der Waals surface area contributed by atoms with Crippen molar-refractivity contribution < 1.29 is 19.4 Å². The van der Waals surface area contributed by atoms with Gasteiger partial charge in [-0.15, -0.1) is 0 Å². The molecule has 0 aromatic carbocycles. The summed E-state index contributed by atoms with van der Waals surface area (Å²) >= 11 is 0. The number of rotatable bonds is 43. The molecule has 4 heteroatoms. The van der Waals surface area contributed by atoms with E-state index in [0.717, 1.165) is 64.2 Å². The molecule has 0 heterocycles. The van der Waals surface area contributed by atoms with E-state index in [-0.39, 0.29) is 18.5 Å². The second-order valence-electron chi connectivity index (χ2n) is 16.0. The van der Waals surface area contributed by atoms with Crippen LogP contribution in [0.25, 0.3) is 0 Å². The fraction of sp³-hybridized carbons (Fsp3) is 0.957. The van der Waals surface area contributed by atoms with Gasteiger partial charge in [-0.25, -0.2) is 0 Å². The molecule has 1 unspecified atom stereocenters. The van der Waals surface area contributed by atoms with Gasteiger partial charge in [-0.1, -0.05) is 226 Å². The fourth-order valence-corrected chi connectivity index (χ4v) is 7.42. The zero-order chi connectivity index (χ0) is 36.4. The van der Waals surface area contributed by atoms with Crippen molar-refractivity contribution in [3.63, 3.8) is 0 Å². The lowest BCUT2D eigenvalue weighted by atomic mass is 10.0. The van der Waals surface area contributed by atoms with Gasteiger partial charge in [0.2, 0.25) is 0 Å². The monoisotopic (exact) mass is 707 g/mol.